The molecule has 17 heteroatoms. The van der Waals surface area contributed by atoms with Crippen LogP contribution in [-0.2, 0) is 13.1 Å². The molecule has 0 radical (unpaired) electrons. The highest BCUT2D eigenvalue weighted by Gasteiger charge is 2.21. The van der Waals surface area contributed by atoms with Crippen LogP contribution in [0.3, 0.4) is 0 Å². The van der Waals surface area contributed by atoms with E-state index >= 15 is 0 Å². The minimum Gasteiger partial charge on any atom is -0.507 e. The van der Waals surface area contributed by atoms with E-state index in [0.717, 1.165) is 116 Å². The van der Waals surface area contributed by atoms with Crippen molar-refractivity contribution in [1.82, 2.24) is 55.0 Å². The first-order chi connectivity index (χ1) is 40.5. The summed E-state index contributed by atoms with van der Waals surface area (Å²) < 4.78 is 0. The molecule has 5 aromatic heterocycles. The van der Waals surface area contributed by atoms with E-state index in [4.69, 9.17) is 15.2 Å². The Balaban J connectivity index is 0.000000181. The number of carbonyl (C=O) groups excluding carboxylic acids is 3. The molecule has 17 nitrogen and oxygen atoms in total. The van der Waals surface area contributed by atoms with E-state index in [1.807, 2.05) is 111 Å². The number of aromatic nitrogens is 8. The fourth-order valence-corrected chi connectivity index (χ4v) is 9.80. The van der Waals surface area contributed by atoms with Crippen molar-refractivity contribution in [3.05, 3.63) is 210 Å². The number of aromatic hydroxyl groups is 1. The van der Waals surface area contributed by atoms with Gasteiger partial charge < -0.3 is 25.6 Å². The Morgan fingerprint density at radius 1 is 0.711 bits per heavy atom. The summed E-state index contributed by atoms with van der Waals surface area (Å²) in [6.07, 6.45) is 7.40. The van der Waals surface area contributed by atoms with Crippen molar-refractivity contribution < 1.29 is 19.5 Å². The van der Waals surface area contributed by atoms with E-state index in [-0.39, 0.29) is 29.0 Å². The minimum absolute atomic E-state index is 0.0719. The summed E-state index contributed by atoms with van der Waals surface area (Å²) in [4.78, 5) is 75.0. The van der Waals surface area contributed by atoms with Crippen LogP contribution in [0.1, 0.15) is 74.8 Å². The molecule has 0 bridgehead atoms. The number of rotatable bonds is 13. The Morgan fingerprint density at radius 3 is 2.07 bits per heavy atom. The molecule has 6 aromatic carbocycles. The summed E-state index contributed by atoms with van der Waals surface area (Å²) >= 11 is 0. The largest absolute Gasteiger partial charge is 0.507 e. The van der Waals surface area contributed by atoms with Crippen LogP contribution in [0.4, 0.5) is 5.82 Å². The van der Waals surface area contributed by atoms with Gasteiger partial charge in [0, 0.05) is 91.9 Å². The molecule has 0 spiro atoms. The number of benzene rings is 6. The van der Waals surface area contributed by atoms with Crippen LogP contribution in [0.25, 0.3) is 77.9 Å². The van der Waals surface area contributed by atoms with Crippen molar-refractivity contribution in [3.63, 3.8) is 0 Å². The number of amides is 2. The summed E-state index contributed by atoms with van der Waals surface area (Å²) in [5.41, 5.74) is 14.5. The highest BCUT2D eigenvalue weighted by atomic mass is 16.3. The number of aldehydes is 1. The zero-order valence-electron chi connectivity index (χ0n) is 46.3. The van der Waals surface area contributed by atoms with Gasteiger partial charge in [-0.25, -0.2) is 29.9 Å². The third-order valence-electron chi connectivity index (χ3n) is 14.1. The number of nitrogens with one attached hydrogen (secondary N) is 3. The summed E-state index contributed by atoms with van der Waals surface area (Å²) in [6.45, 7) is 7.12. The number of pyridine rings is 2. The van der Waals surface area contributed by atoms with Crippen LogP contribution in [-0.4, -0.2) is 106 Å². The number of piperidine rings is 1. The van der Waals surface area contributed by atoms with Gasteiger partial charge in [0.25, 0.3) is 11.8 Å². The van der Waals surface area contributed by atoms with Gasteiger partial charge in [0.15, 0.2) is 6.29 Å². The SMILES string of the molecule is CC.CN(C)C(=O)c1cc2nc(-c3ccc(CN4CCC(Nc5ccnc(C#N)n5)CC4)cc3)c(-c3ccccc3)cc2cn1.O=Cc1cc(C(=O)NCc2ccc(-c3[nH]c4cc5ncnc5cc4nc3-c3ccccc3)cc2)ccc1O. The number of carbonyl (C=O) groups is 3. The minimum atomic E-state index is -0.336. The lowest BCUT2D eigenvalue weighted by Crippen LogP contribution is -2.38. The van der Waals surface area contributed by atoms with E-state index in [1.165, 1.54) is 28.7 Å². The quantitative estimate of drug-likeness (QED) is 0.0787. The van der Waals surface area contributed by atoms with Crippen molar-refractivity contribution in [2.45, 2.75) is 45.8 Å². The molecule has 0 aliphatic carbocycles. The molecule has 0 saturated carbocycles. The van der Waals surface area contributed by atoms with Gasteiger partial charge in [0.1, 0.15) is 29.7 Å². The standard InChI is InChI=1S/C34H32N8O.C30H21N5O3.C2H6/c1-41(2)34(43)30-19-29-26(21-37-30)18-28(24-6-4-3-5-7-24)33(39-29)25-10-8-23(9-11-25)22-42-16-13-27(14-17-42)38-31-12-15-36-32(20-35)40-31;36-16-22-12-21(10-11-27(22)37)30(38)31-15-18-6-8-20(9-7-18)29-28(19-4-2-1-3-5-19)34-25-13-23-24(33-17-32-23)14-26(25)35-29;1-2/h3-12,15,18-19,21,27H,13-14,16-17,22H2,1-2H3,(H,36,38,40);1-14,16-17,35,37H,15H2,(H,31,38);1-2H3. The molecule has 4 N–H and O–H groups in total. The number of aromatic amines is 1. The molecule has 12 rings (SSSR count). The maximum atomic E-state index is 12.6. The maximum Gasteiger partial charge on any atom is 0.272 e. The average molecular weight is 1100 g/mol. The van der Waals surface area contributed by atoms with E-state index < -0.39 is 0 Å². The fourth-order valence-electron chi connectivity index (χ4n) is 9.80. The third-order valence-corrected chi connectivity index (χ3v) is 14.1. The normalized spacial score (nSPS) is 12.3. The number of nitriles is 1. The number of hydrogen-bond acceptors (Lipinski definition) is 14. The lowest BCUT2D eigenvalue weighted by atomic mass is 9.97. The number of likely N-dealkylation sites (tertiary alicyclic amines) is 1. The molecule has 1 aliphatic rings. The number of phenols is 1. The molecule has 1 aliphatic heterocycles. The number of fused-ring (bicyclic) bond motifs is 3. The molecule has 11 aromatic rings. The van der Waals surface area contributed by atoms with Gasteiger partial charge in [0.2, 0.25) is 5.82 Å². The van der Waals surface area contributed by atoms with Crippen LogP contribution in [0, 0.1) is 11.3 Å². The molecule has 1 fully saturated rings. The van der Waals surface area contributed by atoms with Gasteiger partial charge in [-0.1, -0.05) is 123 Å². The number of nitrogens with zero attached hydrogens (tertiary/aromatic N) is 10. The van der Waals surface area contributed by atoms with Crippen LogP contribution >= 0.6 is 0 Å². The maximum absolute atomic E-state index is 12.6. The highest BCUT2D eigenvalue weighted by molar-refractivity contribution is 5.99. The molecule has 0 atom stereocenters. The van der Waals surface area contributed by atoms with Gasteiger partial charge in [-0.05, 0) is 78.1 Å². The molecular formula is C66H59N13O4. The van der Waals surface area contributed by atoms with E-state index in [9.17, 15) is 19.5 Å². The lowest BCUT2D eigenvalue weighted by Gasteiger charge is -2.32. The van der Waals surface area contributed by atoms with Gasteiger partial charge in [-0.15, -0.1) is 0 Å². The molecule has 83 heavy (non-hydrogen) atoms. The molecule has 1 saturated heterocycles. The fraction of sp³-hybridized carbons (Fsp3) is 0.167. The Labute approximate surface area is 479 Å². The molecular weight excluding hydrogens is 1040 g/mol. The summed E-state index contributed by atoms with van der Waals surface area (Å²) in [5, 5.41) is 25.9. The van der Waals surface area contributed by atoms with Crippen molar-refractivity contribution in [2.24, 2.45) is 0 Å². The lowest BCUT2D eigenvalue weighted by molar-refractivity contribution is 0.0821. The number of H-pyrrole nitrogens is 1. The van der Waals surface area contributed by atoms with Gasteiger partial charge in [0.05, 0.1) is 50.2 Å². The third kappa shape index (κ3) is 13.1. The Morgan fingerprint density at radius 2 is 1.37 bits per heavy atom. The van der Waals surface area contributed by atoms with Gasteiger partial charge in [-0.3, -0.25) is 24.3 Å². The van der Waals surface area contributed by atoms with Gasteiger partial charge in [-0.2, -0.15) is 5.26 Å². The number of anilines is 1. The zero-order chi connectivity index (χ0) is 57.8. The number of phenolic OH excluding ortho intramolecular Hbond substituents is 1. The van der Waals surface area contributed by atoms with Crippen molar-refractivity contribution in [1.29, 1.82) is 5.26 Å². The Bertz CT molecular complexity index is 4140. The monoisotopic (exact) mass is 1100 g/mol. The second-order valence-corrected chi connectivity index (χ2v) is 19.8. The molecule has 412 valence electrons. The topological polar surface area (TPSA) is 232 Å². The summed E-state index contributed by atoms with van der Waals surface area (Å²) in [7, 11) is 3.44. The van der Waals surface area contributed by atoms with Crippen LogP contribution in [0.15, 0.2) is 176 Å². The predicted octanol–water partition coefficient (Wildman–Crippen LogP) is 11.7. The predicted molar refractivity (Wildman–Crippen MR) is 323 cm³/mol. The first-order valence-electron chi connectivity index (χ1n) is 27.3. The van der Waals surface area contributed by atoms with Crippen LogP contribution in [0.5, 0.6) is 5.75 Å². The average Bonchev–Trinajstić information content (AvgIpc) is 4.17. The van der Waals surface area contributed by atoms with E-state index in [2.05, 4.69) is 87.9 Å². The van der Waals surface area contributed by atoms with Crippen molar-refractivity contribution in [3.8, 4) is 56.7 Å². The Kier molecular flexibility index (Phi) is 17.3. The smallest absolute Gasteiger partial charge is 0.272 e. The van der Waals surface area contributed by atoms with Crippen molar-refractivity contribution in [2.75, 3.05) is 32.5 Å². The second kappa shape index (κ2) is 25.7. The number of imidazole rings is 1. The van der Waals surface area contributed by atoms with Crippen LogP contribution < -0.4 is 10.6 Å². The van der Waals surface area contributed by atoms with E-state index in [0.29, 0.717) is 35.9 Å². The second-order valence-electron chi connectivity index (χ2n) is 19.8. The number of hydrogen-bond donors (Lipinski definition) is 4. The molecule has 0 unspecified atom stereocenters. The zero-order valence-corrected chi connectivity index (χ0v) is 46.3. The van der Waals surface area contributed by atoms with E-state index in [1.54, 1.807) is 38.9 Å². The first kappa shape index (κ1) is 55.7. The summed E-state index contributed by atoms with van der Waals surface area (Å²) in [5.74, 6) is 0.242. The van der Waals surface area contributed by atoms with Crippen LogP contribution in [0.2, 0.25) is 0 Å². The van der Waals surface area contributed by atoms with Gasteiger partial charge >= 0.3 is 0 Å². The highest BCUT2D eigenvalue weighted by Crippen LogP contribution is 2.35. The molecule has 2 amide bonds. The van der Waals surface area contributed by atoms with Crippen molar-refractivity contribution >= 4 is 56.9 Å². The molecule has 6 heterocycles. The first-order valence-corrected chi connectivity index (χ1v) is 27.3. The Hall–Kier alpha value is -10.6. The summed E-state index contributed by atoms with van der Waals surface area (Å²) in [6, 6.07) is 52.8.